The summed E-state index contributed by atoms with van der Waals surface area (Å²) in [5, 5.41) is 2.69. The lowest BCUT2D eigenvalue weighted by Gasteiger charge is -2.13. The fourth-order valence-corrected chi connectivity index (χ4v) is 2.34. The van der Waals surface area contributed by atoms with Crippen molar-refractivity contribution in [1.29, 1.82) is 0 Å². The van der Waals surface area contributed by atoms with Crippen LogP contribution in [0.2, 0.25) is 0 Å². The number of anilines is 2. The zero-order valence-corrected chi connectivity index (χ0v) is 14.5. The smallest absolute Gasteiger partial charge is 0.338 e. The van der Waals surface area contributed by atoms with Gasteiger partial charge in [0.25, 0.3) is 5.91 Å². The van der Waals surface area contributed by atoms with Gasteiger partial charge in [0, 0.05) is 37.9 Å². The molecule has 0 aliphatic rings. The summed E-state index contributed by atoms with van der Waals surface area (Å²) < 4.78 is 5.07. The molecule has 7 heteroatoms. The van der Waals surface area contributed by atoms with Gasteiger partial charge in [0.15, 0.2) is 6.61 Å². The largest absolute Gasteiger partial charge is 0.452 e. The molecule has 1 heterocycles. The molecule has 3 rings (SSSR count). The standard InChI is InChI=1S/C19H18N4O3/c1-23(2)15-6-4-14(5-7-15)22-18(24)12-26-19(25)13-3-8-16-17(11-13)21-10-9-20-16/h3-11H,12H2,1-2H3,(H,22,24). The fourth-order valence-electron chi connectivity index (χ4n) is 2.34. The summed E-state index contributed by atoms with van der Waals surface area (Å²) in [6, 6.07) is 12.2. The first-order valence-electron chi connectivity index (χ1n) is 7.98. The number of nitrogens with zero attached hydrogens (tertiary/aromatic N) is 3. The van der Waals surface area contributed by atoms with E-state index in [-0.39, 0.29) is 6.61 Å². The summed E-state index contributed by atoms with van der Waals surface area (Å²) in [5.74, 6) is -0.993. The number of carbonyl (C=O) groups excluding carboxylic acids is 2. The van der Waals surface area contributed by atoms with E-state index in [1.165, 1.54) is 0 Å². The predicted molar refractivity (Wildman–Crippen MR) is 99.2 cm³/mol. The van der Waals surface area contributed by atoms with Crippen molar-refractivity contribution in [2.45, 2.75) is 0 Å². The Balaban J connectivity index is 1.57. The second kappa shape index (κ2) is 7.60. The van der Waals surface area contributed by atoms with E-state index in [2.05, 4.69) is 15.3 Å². The van der Waals surface area contributed by atoms with Crippen LogP contribution >= 0.6 is 0 Å². The number of hydrogen-bond donors (Lipinski definition) is 1. The molecule has 26 heavy (non-hydrogen) atoms. The maximum absolute atomic E-state index is 12.1. The maximum atomic E-state index is 12.1. The van der Waals surface area contributed by atoms with Gasteiger partial charge in [0.1, 0.15) is 0 Å². The predicted octanol–water partition coefficient (Wildman–Crippen LogP) is 2.49. The molecule has 0 radical (unpaired) electrons. The minimum Gasteiger partial charge on any atom is -0.452 e. The summed E-state index contributed by atoms with van der Waals surface area (Å²) in [6.07, 6.45) is 3.13. The van der Waals surface area contributed by atoms with E-state index < -0.39 is 11.9 Å². The lowest BCUT2D eigenvalue weighted by atomic mass is 10.2. The molecule has 132 valence electrons. The number of rotatable bonds is 5. The van der Waals surface area contributed by atoms with Crippen LogP contribution in [0.1, 0.15) is 10.4 Å². The van der Waals surface area contributed by atoms with Crippen LogP contribution in [0.15, 0.2) is 54.9 Å². The minimum atomic E-state index is -0.587. The van der Waals surface area contributed by atoms with E-state index >= 15 is 0 Å². The number of amides is 1. The van der Waals surface area contributed by atoms with E-state index in [0.29, 0.717) is 22.3 Å². The molecule has 1 N–H and O–H groups in total. The average Bonchev–Trinajstić information content (AvgIpc) is 2.66. The van der Waals surface area contributed by atoms with Gasteiger partial charge in [-0.3, -0.25) is 14.8 Å². The zero-order valence-electron chi connectivity index (χ0n) is 14.5. The first kappa shape index (κ1) is 17.3. The Bertz CT molecular complexity index is 939. The normalized spacial score (nSPS) is 10.4. The molecule has 3 aromatic rings. The molecular formula is C19H18N4O3. The Morgan fingerprint density at radius 1 is 1.00 bits per heavy atom. The highest BCUT2D eigenvalue weighted by Crippen LogP contribution is 2.16. The summed E-state index contributed by atoms with van der Waals surface area (Å²) in [5.41, 5.74) is 3.25. The number of fused-ring (bicyclic) bond motifs is 1. The number of ether oxygens (including phenoxy) is 1. The number of nitrogens with one attached hydrogen (secondary N) is 1. The summed E-state index contributed by atoms with van der Waals surface area (Å²) in [7, 11) is 3.87. The molecule has 0 saturated carbocycles. The number of aromatic nitrogens is 2. The molecule has 0 aliphatic heterocycles. The van der Waals surface area contributed by atoms with Gasteiger partial charge in [-0.2, -0.15) is 0 Å². The summed E-state index contributed by atoms with van der Waals surface area (Å²) in [6.45, 7) is -0.368. The Labute approximate surface area is 150 Å². The van der Waals surface area contributed by atoms with Crippen molar-refractivity contribution in [2.24, 2.45) is 0 Å². The third kappa shape index (κ3) is 4.13. The van der Waals surface area contributed by atoms with E-state index in [1.54, 1.807) is 42.7 Å². The van der Waals surface area contributed by atoms with Crippen molar-refractivity contribution in [1.82, 2.24) is 9.97 Å². The van der Waals surface area contributed by atoms with Gasteiger partial charge in [-0.25, -0.2) is 4.79 Å². The average molecular weight is 350 g/mol. The Morgan fingerprint density at radius 2 is 1.69 bits per heavy atom. The van der Waals surface area contributed by atoms with Gasteiger partial charge < -0.3 is 15.0 Å². The van der Waals surface area contributed by atoms with Crippen LogP contribution in [0.25, 0.3) is 11.0 Å². The van der Waals surface area contributed by atoms with Crippen molar-refractivity contribution >= 4 is 34.3 Å². The monoisotopic (exact) mass is 350 g/mol. The second-order valence-electron chi connectivity index (χ2n) is 5.83. The summed E-state index contributed by atoms with van der Waals surface area (Å²) >= 11 is 0. The molecular weight excluding hydrogens is 332 g/mol. The molecule has 0 saturated heterocycles. The van der Waals surface area contributed by atoms with E-state index in [1.807, 2.05) is 31.1 Å². The SMILES string of the molecule is CN(C)c1ccc(NC(=O)COC(=O)c2ccc3nccnc3c2)cc1. The quantitative estimate of drug-likeness (QED) is 0.712. The molecule has 0 aliphatic carbocycles. The highest BCUT2D eigenvalue weighted by Gasteiger charge is 2.11. The van der Waals surface area contributed by atoms with E-state index in [9.17, 15) is 9.59 Å². The number of carbonyl (C=O) groups is 2. The van der Waals surface area contributed by atoms with Crippen LogP contribution in [0.5, 0.6) is 0 Å². The van der Waals surface area contributed by atoms with Gasteiger partial charge in [0.2, 0.25) is 0 Å². The topological polar surface area (TPSA) is 84.4 Å². The molecule has 1 aromatic heterocycles. The molecule has 1 amide bonds. The van der Waals surface area contributed by atoms with Crippen molar-refractivity contribution < 1.29 is 14.3 Å². The molecule has 2 aromatic carbocycles. The first-order chi connectivity index (χ1) is 12.5. The molecule has 0 atom stereocenters. The number of hydrogen-bond acceptors (Lipinski definition) is 6. The zero-order chi connectivity index (χ0) is 18.5. The van der Waals surface area contributed by atoms with Crippen molar-refractivity contribution in [3.63, 3.8) is 0 Å². The highest BCUT2D eigenvalue weighted by atomic mass is 16.5. The number of esters is 1. The fraction of sp³-hybridized carbons (Fsp3) is 0.158. The van der Waals surface area contributed by atoms with Crippen LogP contribution in [0.3, 0.4) is 0 Å². The van der Waals surface area contributed by atoms with Gasteiger partial charge in [0.05, 0.1) is 16.6 Å². The second-order valence-corrected chi connectivity index (χ2v) is 5.83. The Morgan fingerprint density at radius 3 is 2.38 bits per heavy atom. The van der Waals surface area contributed by atoms with Crippen LogP contribution in [0.4, 0.5) is 11.4 Å². The van der Waals surface area contributed by atoms with Gasteiger partial charge in [-0.15, -0.1) is 0 Å². The van der Waals surface area contributed by atoms with Crippen LogP contribution in [0, 0.1) is 0 Å². The van der Waals surface area contributed by atoms with Crippen molar-refractivity contribution in [3.05, 3.63) is 60.4 Å². The Kier molecular flexibility index (Phi) is 5.07. The van der Waals surface area contributed by atoms with E-state index in [4.69, 9.17) is 4.74 Å². The molecule has 0 fully saturated rings. The lowest BCUT2D eigenvalue weighted by molar-refractivity contribution is -0.119. The Hall–Kier alpha value is -3.48. The highest BCUT2D eigenvalue weighted by molar-refractivity contribution is 5.97. The first-order valence-corrected chi connectivity index (χ1v) is 7.98. The van der Waals surface area contributed by atoms with Crippen LogP contribution in [-0.2, 0) is 9.53 Å². The van der Waals surface area contributed by atoms with Crippen molar-refractivity contribution in [2.75, 3.05) is 30.9 Å². The molecule has 7 nitrogen and oxygen atoms in total. The number of benzene rings is 2. The van der Waals surface area contributed by atoms with Gasteiger partial charge in [-0.05, 0) is 42.5 Å². The third-order valence-electron chi connectivity index (χ3n) is 3.71. The van der Waals surface area contributed by atoms with Gasteiger partial charge in [-0.1, -0.05) is 0 Å². The minimum absolute atomic E-state index is 0.320. The molecule has 0 bridgehead atoms. The third-order valence-corrected chi connectivity index (χ3v) is 3.71. The maximum Gasteiger partial charge on any atom is 0.338 e. The van der Waals surface area contributed by atoms with Crippen LogP contribution < -0.4 is 10.2 Å². The van der Waals surface area contributed by atoms with Gasteiger partial charge >= 0.3 is 5.97 Å². The van der Waals surface area contributed by atoms with E-state index in [0.717, 1.165) is 5.69 Å². The molecule has 0 spiro atoms. The van der Waals surface area contributed by atoms with Crippen molar-refractivity contribution in [3.8, 4) is 0 Å². The summed E-state index contributed by atoms with van der Waals surface area (Å²) in [4.78, 5) is 34.3. The molecule has 0 unspecified atom stereocenters. The lowest BCUT2D eigenvalue weighted by Crippen LogP contribution is -2.21. The van der Waals surface area contributed by atoms with Crippen LogP contribution in [-0.4, -0.2) is 42.5 Å².